The zero-order chi connectivity index (χ0) is 22.4. The number of aryl methyl sites for hydroxylation is 1. The van der Waals surface area contributed by atoms with Crippen LogP contribution in [0.3, 0.4) is 0 Å². The Balaban J connectivity index is 1.28. The summed E-state index contributed by atoms with van der Waals surface area (Å²) in [6.45, 7) is 4.71. The van der Waals surface area contributed by atoms with Gasteiger partial charge in [-0.05, 0) is 63.7 Å². The van der Waals surface area contributed by atoms with Crippen LogP contribution in [0.25, 0.3) is 10.9 Å². The van der Waals surface area contributed by atoms with Crippen molar-refractivity contribution in [1.29, 1.82) is 0 Å². The van der Waals surface area contributed by atoms with Crippen LogP contribution in [-0.2, 0) is 17.8 Å². The summed E-state index contributed by atoms with van der Waals surface area (Å²) in [7, 11) is 2.07. The van der Waals surface area contributed by atoms with Gasteiger partial charge >= 0.3 is 0 Å². The highest BCUT2D eigenvalue weighted by molar-refractivity contribution is 7.15. The smallest absolute Gasteiger partial charge is 0.270 e. The van der Waals surface area contributed by atoms with Gasteiger partial charge in [0.1, 0.15) is 11.5 Å². The molecule has 0 saturated carbocycles. The molecule has 2 aromatic heterocycles. The van der Waals surface area contributed by atoms with Gasteiger partial charge in [-0.2, -0.15) is 0 Å². The summed E-state index contributed by atoms with van der Waals surface area (Å²) >= 11 is 1.45. The monoisotopic (exact) mass is 455 g/mol. The number of aromatic nitrogens is 2. The van der Waals surface area contributed by atoms with Gasteiger partial charge in [-0.15, -0.1) is 0 Å². The molecule has 7 nitrogen and oxygen atoms in total. The van der Waals surface area contributed by atoms with Crippen LogP contribution >= 0.6 is 11.3 Å². The number of nitrogens with one attached hydrogen (secondary N) is 2. The first-order valence-corrected chi connectivity index (χ1v) is 11.7. The van der Waals surface area contributed by atoms with E-state index in [2.05, 4.69) is 27.2 Å². The van der Waals surface area contributed by atoms with Crippen LogP contribution in [-0.4, -0.2) is 58.3 Å². The molecule has 168 valence electrons. The molecule has 32 heavy (non-hydrogen) atoms. The average Bonchev–Trinajstić information content (AvgIpc) is 3.36. The summed E-state index contributed by atoms with van der Waals surface area (Å²) in [6, 6.07) is 4.67. The van der Waals surface area contributed by atoms with Crippen LogP contribution in [0.2, 0.25) is 0 Å². The number of likely N-dealkylation sites (tertiary alicyclic amines) is 1. The van der Waals surface area contributed by atoms with Crippen molar-refractivity contribution in [1.82, 2.24) is 19.8 Å². The number of aromatic amines is 1. The molecular formula is C23H26FN5O2S. The predicted octanol–water partition coefficient (Wildman–Crippen LogP) is 3.55. The van der Waals surface area contributed by atoms with Crippen molar-refractivity contribution in [2.24, 2.45) is 5.92 Å². The number of anilines is 1. The van der Waals surface area contributed by atoms with E-state index in [9.17, 15) is 14.0 Å². The van der Waals surface area contributed by atoms with E-state index < -0.39 is 0 Å². The number of amides is 2. The lowest BCUT2D eigenvalue weighted by molar-refractivity contribution is -0.121. The lowest BCUT2D eigenvalue weighted by Gasteiger charge is -2.27. The number of piperidine rings is 1. The first-order chi connectivity index (χ1) is 15.4. The SMILES string of the molecule is Cc1cc(F)cc2[nH]c(C(=O)N3CCc4nc(NC(=O)C5CCN(C)CC5)sc4C3)cc12. The van der Waals surface area contributed by atoms with E-state index in [1.54, 1.807) is 11.0 Å². The molecule has 2 aliphatic rings. The molecule has 1 saturated heterocycles. The molecule has 0 spiro atoms. The van der Waals surface area contributed by atoms with Gasteiger partial charge in [0.15, 0.2) is 5.13 Å². The number of carbonyl (C=O) groups excluding carboxylic acids is 2. The second-order valence-corrected chi connectivity index (χ2v) is 9.88. The zero-order valence-electron chi connectivity index (χ0n) is 18.2. The minimum absolute atomic E-state index is 0.0282. The Labute approximate surface area is 189 Å². The number of carbonyl (C=O) groups is 2. The van der Waals surface area contributed by atoms with Crippen LogP contribution in [0.15, 0.2) is 18.2 Å². The minimum atomic E-state index is -0.321. The summed E-state index contributed by atoms with van der Waals surface area (Å²) in [4.78, 5) is 38.4. The number of fused-ring (bicyclic) bond motifs is 2. The number of hydrogen-bond donors (Lipinski definition) is 2. The number of nitrogens with zero attached hydrogens (tertiary/aromatic N) is 3. The van der Waals surface area contributed by atoms with Crippen molar-refractivity contribution in [3.63, 3.8) is 0 Å². The van der Waals surface area contributed by atoms with Gasteiger partial charge in [-0.3, -0.25) is 9.59 Å². The van der Waals surface area contributed by atoms with E-state index >= 15 is 0 Å². The summed E-state index contributed by atoms with van der Waals surface area (Å²) in [5, 5.41) is 4.46. The van der Waals surface area contributed by atoms with Crippen molar-refractivity contribution in [3.05, 3.63) is 45.8 Å². The molecular weight excluding hydrogens is 429 g/mol. The van der Waals surface area contributed by atoms with E-state index in [4.69, 9.17) is 0 Å². The molecule has 0 aliphatic carbocycles. The normalized spacial score (nSPS) is 17.5. The van der Waals surface area contributed by atoms with Crippen LogP contribution in [0.5, 0.6) is 0 Å². The van der Waals surface area contributed by atoms with Gasteiger partial charge in [-0.1, -0.05) is 11.3 Å². The predicted molar refractivity (Wildman–Crippen MR) is 122 cm³/mol. The van der Waals surface area contributed by atoms with Crippen molar-refractivity contribution < 1.29 is 14.0 Å². The molecule has 2 amide bonds. The van der Waals surface area contributed by atoms with Gasteiger partial charge in [0, 0.05) is 34.7 Å². The number of hydrogen-bond acceptors (Lipinski definition) is 5. The maximum absolute atomic E-state index is 13.7. The number of halogens is 1. The maximum Gasteiger partial charge on any atom is 0.270 e. The van der Waals surface area contributed by atoms with E-state index in [0.29, 0.717) is 35.9 Å². The molecule has 2 aliphatic heterocycles. The Morgan fingerprint density at radius 3 is 2.78 bits per heavy atom. The molecule has 5 rings (SSSR count). The fourth-order valence-corrected chi connectivity index (χ4v) is 5.59. The molecule has 3 aromatic rings. The third-order valence-corrected chi connectivity index (χ3v) is 7.48. The Morgan fingerprint density at radius 2 is 2.00 bits per heavy atom. The van der Waals surface area contributed by atoms with Gasteiger partial charge in [0.25, 0.3) is 5.91 Å². The standard InChI is InChI=1S/C23H26FN5O2S/c1-13-9-15(24)10-18-16(13)11-19(25-18)22(31)29-8-5-17-20(12-29)32-23(26-17)27-21(30)14-3-6-28(2)7-4-14/h9-11,14,25H,3-8,12H2,1-2H3,(H,26,27,30). The van der Waals surface area contributed by atoms with Crippen LogP contribution in [0.4, 0.5) is 9.52 Å². The van der Waals surface area contributed by atoms with Crippen LogP contribution < -0.4 is 5.32 Å². The van der Waals surface area contributed by atoms with Gasteiger partial charge in [0.05, 0.1) is 12.2 Å². The fourth-order valence-electron chi connectivity index (χ4n) is 4.56. The van der Waals surface area contributed by atoms with Crippen molar-refractivity contribution >= 4 is 39.2 Å². The molecule has 0 unspecified atom stereocenters. The molecule has 0 atom stereocenters. The van der Waals surface area contributed by atoms with Crippen molar-refractivity contribution in [2.45, 2.75) is 32.7 Å². The largest absolute Gasteiger partial charge is 0.350 e. The van der Waals surface area contributed by atoms with Gasteiger partial charge in [-0.25, -0.2) is 9.37 Å². The molecule has 4 heterocycles. The molecule has 9 heteroatoms. The molecule has 1 aromatic carbocycles. The van der Waals surface area contributed by atoms with Crippen LogP contribution in [0.1, 0.15) is 39.5 Å². The molecule has 1 fully saturated rings. The molecule has 2 N–H and O–H groups in total. The second kappa shape index (κ2) is 8.29. The van der Waals surface area contributed by atoms with Gasteiger partial charge in [0.2, 0.25) is 5.91 Å². The zero-order valence-corrected chi connectivity index (χ0v) is 19.0. The summed E-state index contributed by atoms with van der Waals surface area (Å²) in [5.41, 5.74) is 2.83. The van der Waals surface area contributed by atoms with Crippen molar-refractivity contribution in [3.8, 4) is 0 Å². The van der Waals surface area contributed by atoms with Gasteiger partial charge < -0.3 is 20.1 Å². The lowest BCUT2D eigenvalue weighted by Crippen LogP contribution is -2.36. The topological polar surface area (TPSA) is 81.3 Å². The average molecular weight is 456 g/mol. The quantitative estimate of drug-likeness (QED) is 0.633. The highest BCUT2D eigenvalue weighted by Crippen LogP contribution is 2.30. The minimum Gasteiger partial charge on any atom is -0.350 e. The summed E-state index contributed by atoms with van der Waals surface area (Å²) < 4.78 is 13.7. The lowest BCUT2D eigenvalue weighted by atomic mass is 9.96. The Kier molecular flexibility index (Phi) is 5.46. The Bertz CT molecular complexity index is 1190. The fraction of sp³-hybridized carbons (Fsp3) is 0.435. The maximum atomic E-state index is 13.7. The molecule has 0 radical (unpaired) electrons. The van der Waals surface area contributed by atoms with E-state index in [-0.39, 0.29) is 23.5 Å². The Morgan fingerprint density at radius 1 is 1.22 bits per heavy atom. The summed E-state index contributed by atoms with van der Waals surface area (Å²) in [5.74, 6) is -0.367. The van der Waals surface area contributed by atoms with Crippen molar-refractivity contribution in [2.75, 3.05) is 32.0 Å². The number of H-pyrrole nitrogens is 1. The first kappa shape index (κ1) is 21.1. The highest BCUT2D eigenvalue weighted by Gasteiger charge is 2.28. The third kappa shape index (κ3) is 4.02. The van der Waals surface area contributed by atoms with Crippen LogP contribution in [0, 0.1) is 18.7 Å². The van der Waals surface area contributed by atoms with E-state index in [1.807, 2.05) is 6.92 Å². The first-order valence-electron chi connectivity index (χ1n) is 10.9. The second-order valence-electron chi connectivity index (χ2n) is 8.80. The van der Waals surface area contributed by atoms with E-state index in [0.717, 1.165) is 47.5 Å². The number of rotatable bonds is 3. The number of thiazole rings is 1. The number of benzene rings is 1. The van der Waals surface area contributed by atoms with E-state index in [1.165, 1.54) is 23.5 Å². The molecule has 0 bridgehead atoms. The highest BCUT2D eigenvalue weighted by atomic mass is 32.1. The Hall–Kier alpha value is -2.78. The summed E-state index contributed by atoms with van der Waals surface area (Å²) in [6.07, 6.45) is 2.38. The third-order valence-electron chi connectivity index (χ3n) is 6.48.